The Bertz CT molecular complexity index is 845. The van der Waals surface area contributed by atoms with Gasteiger partial charge in [-0.3, -0.25) is 4.99 Å². The summed E-state index contributed by atoms with van der Waals surface area (Å²) < 4.78 is 6.14. The van der Waals surface area contributed by atoms with Gasteiger partial charge in [0, 0.05) is 44.3 Å². The minimum Gasteiger partial charge on any atom is -0.457 e. The molecule has 1 aliphatic heterocycles. The number of aliphatic imine (C=N–C) groups is 1. The fourth-order valence-electron chi connectivity index (χ4n) is 3.97. The summed E-state index contributed by atoms with van der Waals surface area (Å²) in [4.78, 5) is 7.08. The molecule has 0 amide bonds. The highest BCUT2D eigenvalue weighted by molar-refractivity contribution is 14.0. The summed E-state index contributed by atoms with van der Waals surface area (Å²) in [6, 6.07) is 17.7. The Labute approximate surface area is 197 Å². The number of piperidine rings is 1. The zero-order valence-corrected chi connectivity index (χ0v) is 20.3. The number of hydrogen-bond acceptors (Lipinski definition) is 3. The molecule has 0 spiro atoms. The molecule has 30 heavy (non-hydrogen) atoms. The summed E-state index contributed by atoms with van der Waals surface area (Å²) in [6.45, 7) is 5.15. The van der Waals surface area contributed by atoms with Gasteiger partial charge in [0.05, 0.1) is 0 Å². The number of nitrogens with zero attached hydrogens (tertiary/aromatic N) is 2. The van der Waals surface area contributed by atoms with E-state index in [-0.39, 0.29) is 24.0 Å². The molecule has 2 N–H and O–H groups in total. The highest BCUT2D eigenvalue weighted by Crippen LogP contribution is 2.29. The van der Waals surface area contributed by atoms with Gasteiger partial charge in [0.15, 0.2) is 5.96 Å². The lowest BCUT2D eigenvalue weighted by molar-refractivity contribution is 0.197. The second kappa shape index (κ2) is 11.0. The van der Waals surface area contributed by atoms with Crippen molar-refractivity contribution in [2.45, 2.75) is 51.2 Å². The fourth-order valence-corrected chi connectivity index (χ4v) is 3.97. The van der Waals surface area contributed by atoms with Crippen LogP contribution in [0.5, 0.6) is 11.5 Å². The molecule has 2 aromatic rings. The maximum Gasteiger partial charge on any atom is 0.191 e. The summed E-state index contributed by atoms with van der Waals surface area (Å²) in [7, 11) is 1.84. The van der Waals surface area contributed by atoms with Gasteiger partial charge in [-0.2, -0.15) is 0 Å². The second-order valence-electron chi connectivity index (χ2n) is 8.14. The first-order chi connectivity index (χ1) is 14.2. The van der Waals surface area contributed by atoms with Crippen molar-refractivity contribution in [1.29, 1.82) is 0 Å². The average molecular weight is 520 g/mol. The molecule has 0 radical (unpaired) electrons. The molecule has 162 valence electrons. The van der Waals surface area contributed by atoms with Crippen molar-refractivity contribution in [2.24, 2.45) is 4.99 Å². The third kappa shape index (κ3) is 6.35. The number of nitrogens with one attached hydrogen (secondary N) is 2. The minimum absolute atomic E-state index is 0. The maximum absolute atomic E-state index is 6.14. The molecular formula is C24H33IN4O. The van der Waals surface area contributed by atoms with Crippen molar-refractivity contribution in [3.63, 3.8) is 0 Å². The van der Waals surface area contributed by atoms with Crippen molar-refractivity contribution in [3.05, 3.63) is 59.7 Å². The van der Waals surface area contributed by atoms with Crippen molar-refractivity contribution in [1.82, 2.24) is 15.5 Å². The van der Waals surface area contributed by atoms with Gasteiger partial charge in [-0.25, -0.2) is 0 Å². The number of guanidine groups is 1. The number of likely N-dealkylation sites (tertiary alicyclic amines) is 1. The Balaban J connectivity index is 0.00000256. The van der Waals surface area contributed by atoms with Gasteiger partial charge in [0.1, 0.15) is 11.5 Å². The van der Waals surface area contributed by atoms with Gasteiger partial charge in [-0.15, -0.1) is 24.0 Å². The van der Waals surface area contributed by atoms with Gasteiger partial charge in [-0.05, 0) is 56.4 Å². The summed E-state index contributed by atoms with van der Waals surface area (Å²) in [5, 5.41) is 7.07. The molecule has 1 heterocycles. The van der Waals surface area contributed by atoms with Crippen LogP contribution in [0.15, 0.2) is 53.5 Å². The van der Waals surface area contributed by atoms with Gasteiger partial charge in [0.25, 0.3) is 0 Å². The molecule has 0 atom stereocenters. The number of halogens is 1. The van der Waals surface area contributed by atoms with Crippen molar-refractivity contribution >= 4 is 29.9 Å². The Morgan fingerprint density at radius 3 is 2.53 bits per heavy atom. The van der Waals surface area contributed by atoms with Crippen LogP contribution in [0.4, 0.5) is 0 Å². The number of ether oxygens (including phenoxy) is 1. The lowest BCUT2D eigenvalue weighted by Gasteiger charge is -2.33. The number of benzene rings is 2. The standard InChI is InChI=1S/C24H32N4O.HI/c1-18-6-5-8-22(16-18)29-23-9-4-3-7-19(23)17-26-24(25-2)27-20-12-14-28(15-13-20)21-10-11-21;/h3-9,16,20-21H,10-15,17H2,1-2H3,(H2,25,26,27);1H. The van der Waals surface area contributed by atoms with Crippen molar-refractivity contribution < 1.29 is 4.74 Å². The SMILES string of the molecule is CN=C(NCc1ccccc1Oc1cccc(C)c1)NC1CCN(C2CC2)CC1.I. The minimum atomic E-state index is 0. The van der Waals surface area contributed by atoms with Crippen LogP contribution in [0.2, 0.25) is 0 Å². The summed E-state index contributed by atoms with van der Waals surface area (Å²) in [5.41, 5.74) is 2.30. The smallest absolute Gasteiger partial charge is 0.191 e. The van der Waals surface area contributed by atoms with E-state index in [0.29, 0.717) is 12.6 Å². The highest BCUT2D eigenvalue weighted by Gasteiger charge is 2.31. The van der Waals surface area contributed by atoms with Gasteiger partial charge < -0.3 is 20.3 Å². The molecule has 0 aromatic heterocycles. The Morgan fingerprint density at radius 1 is 1.07 bits per heavy atom. The molecule has 4 rings (SSSR count). The normalized spacial score (nSPS) is 17.9. The number of para-hydroxylation sites is 1. The fraction of sp³-hybridized carbons (Fsp3) is 0.458. The lowest BCUT2D eigenvalue weighted by Crippen LogP contribution is -2.48. The molecule has 2 aliphatic rings. The number of rotatable bonds is 6. The Morgan fingerprint density at radius 2 is 1.83 bits per heavy atom. The summed E-state index contributed by atoms with van der Waals surface area (Å²) in [6.07, 6.45) is 5.16. The van der Waals surface area contributed by atoms with Crippen LogP contribution in [0.25, 0.3) is 0 Å². The summed E-state index contributed by atoms with van der Waals surface area (Å²) in [5.74, 6) is 2.60. The van der Waals surface area contributed by atoms with Gasteiger partial charge >= 0.3 is 0 Å². The van der Waals surface area contributed by atoms with E-state index in [2.05, 4.69) is 45.6 Å². The third-order valence-corrected chi connectivity index (χ3v) is 5.79. The Kier molecular flexibility index (Phi) is 8.39. The maximum atomic E-state index is 6.14. The third-order valence-electron chi connectivity index (χ3n) is 5.79. The first kappa shape index (κ1) is 22.9. The molecule has 6 heteroatoms. The number of hydrogen-bond donors (Lipinski definition) is 2. The topological polar surface area (TPSA) is 48.9 Å². The van der Waals surface area contributed by atoms with E-state index in [4.69, 9.17) is 4.74 Å². The van der Waals surface area contributed by atoms with E-state index in [1.54, 1.807) is 0 Å². The molecule has 0 bridgehead atoms. The molecule has 2 fully saturated rings. The van der Waals surface area contributed by atoms with Crippen LogP contribution in [0.3, 0.4) is 0 Å². The van der Waals surface area contributed by atoms with Crippen LogP contribution >= 0.6 is 24.0 Å². The van der Waals surface area contributed by atoms with Gasteiger partial charge in [0.2, 0.25) is 0 Å². The quantitative estimate of drug-likeness (QED) is 0.330. The van der Waals surface area contributed by atoms with Crippen LogP contribution < -0.4 is 15.4 Å². The van der Waals surface area contributed by atoms with E-state index in [1.165, 1.54) is 44.3 Å². The van der Waals surface area contributed by atoms with E-state index in [0.717, 1.165) is 29.1 Å². The predicted molar refractivity (Wildman–Crippen MR) is 134 cm³/mol. The summed E-state index contributed by atoms with van der Waals surface area (Å²) >= 11 is 0. The Hall–Kier alpha value is -1.80. The lowest BCUT2D eigenvalue weighted by atomic mass is 10.1. The first-order valence-electron chi connectivity index (χ1n) is 10.7. The van der Waals surface area contributed by atoms with E-state index in [9.17, 15) is 0 Å². The molecule has 5 nitrogen and oxygen atoms in total. The van der Waals surface area contributed by atoms with Crippen LogP contribution in [0.1, 0.15) is 36.8 Å². The first-order valence-corrected chi connectivity index (χ1v) is 10.7. The molecule has 2 aromatic carbocycles. The van der Waals surface area contributed by atoms with Crippen molar-refractivity contribution in [2.75, 3.05) is 20.1 Å². The number of aryl methyl sites for hydroxylation is 1. The van der Waals surface area contributed by atoms with Crippen LogP contribution in [-0.4, -0.2) is 43.1 Å². The molecule has 1 saturated carbocycles. The molecular weight excluding hydrogens is 487 g/mol. The van der Waals surface area contributed by atoms with E-state index in [1.807, 2.05) is 37.4 Å². The monoisotopic (exact) mass is 520 g/mol. The van der Waals surface area contributed by atoms with Crippen molar-refractivity contribution in [3.8, 4) is 11.5 Å². The zero-order chi connectivity index (χ0) is 20.1. The molecule has 1 saturated heterocycles. The average Bonchev–Trinajstić information content (AvgIpc) is 3.58. The van der Waals surface area contributed by atoms with Crippen LogP contribution in [0, 0.1) is 6.92 Å². The largest absolute Gasteiger partial charge is 0.457 e. The van der Waals surface area contributed by atoms with E-state index >= 15 is 0 Å². The zero-order valence-electron chi connectivity index (χ0n) is 17.9. The van der Waals surface area contributed by atoms with Gasteiger partial charge in [-0.1, -0.05) is 30.3 Å². The molecule has 1 aliphatic carbocycles. The van der Waals surface area contributed by atoms with Crippen LogP contribution in [-0.2, 0) is 6.54 Å². The van der Waals surface area contributed by atoms with E-state index < -0.39 is 0 Å². The second-order valence-corrected chi connectivity index (χ2v) is 8.14. The highest BCUT2D eigenvalue weighted by atomic mass is 127. The predicted octanol–water partition coefficient (Wildman–Crippen LogP) is 4.70. The molecule has 0 unspecified atom stereocenters.